The molecule has 98 valence electrons. The number of nitrogens with one attached hydrogen (secondary N) is 1. The van der Waals surface area contributed by atoms with Gasteiger partial charge in [-0.05, 0) is 24.3 Å². The third kappa shape index (κ3) is 5.19. The summed E-state index contributed by atoms with van der Waals surface area (Å²) in [6.07, 6.45) is 2.65. The van der Waals surface area contributed by atoms with Gasteiger partial charge < -0.3 is 15.8 Å². The molecular formula is C14H21N3O. The second-order valence-corrected chi connectivity index (χ2v) is 4.63. The zero-order chi connectivity index (χ0) is 12.6. The minimum absolute atomic E-state index is 0.480. The Morgan fingerprint density at radius 3 is 2.83 bits per heavy atom. The van der Waals surface area contributed by atoms with Gasteiger partial charge in [-0.15, -0.1) is 0 Å². The van der Waals surface area contributed by atoms with Gasteiger partial charge in [0.1, 0.15) is 0 Å². The lowest BCUT2D eigenvalue weighted by Gasteiger charge is -2.06. The Hall–Kier alpha value is -1.55. The summed E-state index contributed by atoms with van der Waals surface area (Å²) < 4.78 is 5.50. The summed E-state index contributed by atoms with van der Waals surface area (Å²) in [7, 11) is 0. The largest absolute Gasteiger partial charge is 0.379 e. The van der Waals surface area contributed by atoms with Crippen LogP contribution in [0.3, 0.4) is 0 Å². The Bertz CT molecular complexity index is 374. The minimum atomic E-state index is 0.480. The number of rotatable bonds is 7. The maximum atomic E-state index is 5.76. The topological polar surface area (TPSA) is 59.6 Å². The molecule has 0 unspecified atom stereocenters. The maximum absolute atomic E-state index is 5.76. The highest BCUT2D eigenvalue weighted by Crippen LogP contribution is 2.28. The number of guanidine groups is 1. The first-order valence-electron chi connectivity index (χ1n) is 6.50. The fraction of sp³-hybridized carbons (Fsp3) is 0.500. The van der Waals surface area contributed by atoms with Gasteiger partial charge in [0.15, 0.2) is 5.96 Å². The van der Waals surface area contributed by atoms with Crippen LogP contribution in [0.2, 0.25) is 0 Å². The van der Waals surface area contributed by atoms with E-state index in [1.54, 1.807) is 0 Å². The highest BCUT2D eigenvalue weighted by molar-refractivity contribution is 5.77. The van der Waals surface area contributed by atoms with E-state index in [4.69, 9.17) is 10.5 Å². The van der Waals surface area contributed by atoms with Crippen LogP contribution in [0, 0.1) is 5.92 Å². The predicted molar refractivity (Wildman–Crippen MR) is 73.3 cm³/mol. The van der Waals surface area contributed by atoms with E-state index in [0.29, 0.717) is 19.1 Å². The number of nitrogens with two attached hydrogens (primary N) is 1. The first-order chi connectivity index (χ1) is 8.84. The molecule has 0 aliphatic heterocycles. The zero-order valence-corrected chi connectivity index (χ0v) is 10.6. The third-order valence-electron chi connectivity index (χ3n) is 2.88. The van der Waals surface area contributed by atoms with Gasteiger partial charge in [0.2, 0.25) is 0 Å². The molecule has 0 spiro atoms. The molecule has 0 bridgehead atoms. The van der Waals surface area contributed by atoms with Crippen LogP contribution in [0.25, 0.3) is 0 Å². The Morgan fingerprint density at radius 2 is 2.11 bits per heavy atom. The SMILES string of the molecule is NC(=NCc1ccccc1)NCCOCC1CC1. The summed E-state index contributed by atoms with van der Waals surface area (Å²) in [6.45, 7) is 2.92. The monoisotopic (exact) mass is 247 g/mol. The molecule has 0 atom stereocenters. The van der Waals surface area contributed by atoms with Crippen molar-refractivity contribution in [1.29, 1.82) is 0 Å². The molecule has 18 heavy (non-hydrogen) atoms. The molecule has 1 fully saturated rings. The van der Waals surface area contributed by atoms with E-state index in [2.05, 4.69) is 10.3 Å². The zero-order valence-electron chi connectivity index (χ0n) is 10.6. The second kappa shape index (κ2) is 7.01. The van der Waals surface area contributed by atoms with Crippen LogP contribution in [0.15, 0.2) is 35.3 Å². The van der Waals surface area contributed by atoms with E-state index in [9.17, 15) is 0 Å². The van der Waals surface area contributed by atoms with Crippen LogP contribution in [-0.2, 0) is 11.3 Å². The smallest absolute Gasteiger partial charge is 0.188 e. The van der Waals surface area contributed by atoms with Crippen molar-refractivity contribution < 1.29 is 4.74 Å². The normalized spacial score (nSPS) is 15.7. The summed E-state index contributed by atoms with van der Waals surface area (Å²) in [5.41, 5.74) is 6.92. The number of aliphatic imine (C=N–C) groups is 1. The van der Waals surface area contributed by atoms with Crippen LogP contribution in [0.4, 0.5) is 0 Å². The number of hydrogen-bond donors (Lipinski definition) is 2. The van der Waals surface area contributed by atoms with Crippen LogP contribution < -0.4 is 11.1 Å². The van der Waals surface area contributed by atoms with Crippen molar-refractivity contribution in [2.24, 2.45) is 16.6 Å². The molecule has 4 nitrogen and oxygen atoms in total. The molecule has 0 aromatic heterocycles. The molecule has 3 N–H and O–H groups in total. The van der Waals surface area contributed by atoms with Crippen LogP contribution >= 0.6 is 0 Å². The lowest BCUT2D eigenvalue weighted by atomic mass is 10.2. The number of nitrogens with zero attached hydrogens (tertiary/aromatic N) is 1. The Kier molecular flexibility index (Phi) is 5.02. The van der Waals surface area contributed by atoms with E-state index < -0.39 is 0 Å². The Morgan fingerprint density at radius 1 is 1.33 bits per heavy atom. The van der Waals surface area contributed by atoms with Gasteiger partial charge in [-0.3, -0.25) is 0 Å². The molecule has 0 heterocycles. The van der Waals surface area contributed by atoms with E-state index in [-0.39, 0.29) is 0 Å². The lowest BCUT2D eigenvalue weighted by Crippen LogP contribution is -2.34. The van der Waals surface area contributed by atoms with Crippen LogP contribution in [-0.4, -0.2) is 25.7 Å². The number of benzene rings is 1. The van der Waals surface area contributed by atoms with Crippen molar-refractivity contribution >= 4 is 5.96 Å². The molecule has 0 amide bonds. The molecule has 4 heteroatoms. The molecular weight excluding hydrogens is 226 g/mol. The Balaban J connectivity index is 1.56. The van der Waals surface area contributed by atoms with Crippen molar-refractivity contribution in [3.63, 3.8) is 0 Å². The van der Waals surface area contributed by atoms with E-state index in [0.717, 1.165) is 24.6 Å². The fourth-order valence-corrected chi connectivity index (χ4v) is 1.60. The summed E-state index contributed by atoms with van der Waals surface area (Å²) in [5.74, 6) is 1.29. The molecule has 0 saturated heterocycles. The summed E-state index contributed by atoms with van der Waals surface area (Å²) in [5, 5.41) is 3.05. The van der Waals surface area contributed by atoms with Crippen molar-refractivity contribution in [2.45, 2.75) is 19.4 Å². The van der Waals surface area contributed by atoms with E-state index in [1.807, 2.05) is 30.3 Å². The summed E-state index contributed by atoms with van der Waals surface area (Å²) in [4.78, 5) is 4.27. The Labute approximate surface area is 108 Å². The minimum Gasteiger partial charge on any atom is -0.379 e. The van der Waals surface area contributed by atoms with E-state index >= 15 is 0 Å². The maximum Gasteiger partial charge on any atom is 0.188 e. The van der Waals surface area contributed by atoms with Gasteiger partial charge in [-0.25, -0.2) is 4.99 Å². The van der Waals surface area contributed by atoms with Crippen molar-refractivity contribution in [3.8, 4) is 0 Å². The number of ether oxygens (including phenoxy) is 1. The predicted octanol–water partition coefficient (Wildman–Crippen LogP) is 1.52. The molecule has 1 aromatic carbocycles. The van der Waals surface area contributed by atoms with Gasteiger partial charge in [-0.2, -0.15) is 0 Å². The van der Waals surface area contributed by atoms with Gasteiger partial charge in [0.05, 0.1) is 13.2 Å². The standard InChI is InChI=1S/C14H21N3O/c15-14(16-8-9-18-11-13-6-7-13)17-10-12-4-2-1-3-5-12/h1-5,13H,6-11H2,(H3,15,16,17). The first-order valence-corrected chi connectivity index (χ1v) is 6.50. The van der Waals surface area contributed by atoms with Crippen molar-refractivity contribution in [3.05, 3.63) is 35.9 Å². The van der Waals surface area contributed by atoms with E-state index in [1.165, 1.54) is 12.8 Å². The molecule has 0 radical (unpaired) electrons. The molecule has 1 aromatic rings. The second-order valence-electron chi connectivity index (χ2n) is 4.63. The fourth-order valence-electron chi connectivity index (χ4n) is 1.60. The van der Waals surface area contributed by atoms with Crippen LogP contribution in [0.1, 0.15) is 18.4 Å². The quantitative estimate of drug-likeness (QED) is 0.436. The summed E-state index contributed by atoms with van der Waals surface area (Å²) >= 11 is 0. The molecule has 1 saturated carbocycles. The summed E-state index contributed by atoms with van der Waals surface area (Å²) in [6, 6.07) is 10.1. The number of hydrogen-bond acceptors (Lipinski definition) is 2. The van der Waals surface area contributed by atoms with Gasteiger partial charge in [0.25, 0.3) is 0 Å². The lowest BCUT2D eigenvalue weighted by molar-refractivity contribution is 0.129. The molecule has 1 aliphatic carbocycles. The van der Waals surface area contributed by atoms with Gasteiger partial charge >= 0.3 is 0 Å². The van der Waals surface area contributed by atoms with Crippen molar-refractivity contribution in [2.75, 3.05) is 19.8 Å². The van der Waals surface area contributed by atoms with Crippen molar-refractivity contribution in [1.82, 2.24) is 5.32 Å². The highest BCUT2D eigenvalue weighted by Gasteiger charge is 2.20. The molecule has 2 rings (SSSR count). The highest BCUT2D eigenvalue weighted by atomic mass is 16.5. The van der Waals surface area contributed by atoms with Crippen LogP contribution in [0.5, 0.6) is 0 Å². The first kappa shape index (κ1) is 12.9. The third-order valence-corrected chi connectivity index (χ3v) is 2.88. The average Bonchev–Trinajstić information content (AvgIpc) is 3.21. The van der Waals surface area contributed by atoms with Gasteiger partial charge in [0, 0.05) is 13.2 Å². The molecule has 1 aliphatic rings. The average molecular weight is 247 g/mol. The van der Waals surface area contributed by atoms with Gasteiger partial charge in [-0.1, -0.05) is 30.3 Å².